The molecule has 2 aromatic heterocycles. The van der Waals surface area contributed by atoms with Gasteiger partial charge in [0.05, 0.1) is 5.56 Å². The summed E-state index contributed by atoms with van der Waals surface area (Å²) < 4.78 is 1.47. The molecular weight excluding hydrogens is 276 g/mol. The number of rotatable bonds is 5. The van der Waals surface area contributed by atoms with Crippen LogP contribution in [0.15, 0.2) is 18.3 Å². The molecule has 0 fully saturated rings. The van der Waals surface area contributed by atoms with Crippen LogP contribution in [-0.4, -0.2) is 21.6 Å². The number of anilines is 1. The molecule has 20 heavy (non-hydrogen) atoms. The van der Waals surface area contributed by atoms with Crippen molar-refractivity contribution in [2.24, 2.45) is 12.8 Å². The number of hydrogen-bond acceptors (Lipinski definition) is 4. The van der Waals surface area contributed by atoms with Crippen LogP contribution in [0, 0.1) is 0 Å². The SMILES string of the molecule is CCCc1cc(C(N)=O)c(NC(=O)c2ccnn2C)s1. The molecule has 3 N–H and O–H groups in total. The average molecular weight is 292 g/mol. The Kier molecular flexibility index (Phi) is 4.19. The van der Waals surface area contributed by atoms with Gasteiger partial charge in [-0.05, 0) is 18.6 Å². The van der Waals surface area contributed by atoms with Crippen molar-refractivity contribution in [1.29, 1.82) is 0 Å². The van der Waals surface area contributed by atoms with E-state index in [1.807, 2.05) is 0 Å². The zero-order chi connectivity index (χ0) is 14.7. The third-order valence-corrected chi connectivity index (χ3v) is 3.94. The van der Waals surface area contributed by atoms with Gasteiger partial charge in [-0.2, -0.15) is 5.10 Å². The number of carbonyl (C=O) groups excluding carboxylic acids is 2. The maximum atomic E-state index is 12.1. The van der Waals surface area contributed by atoms with E-state index in [4.69, 9.17) is 5.73 Å². The van der Waals surface area contributed by atoms with Crippen molar-refractivity contribution < 1.29 is 9.59 Å². The standard InChI is InChI=1S/C13H16N4O2S/c1-3-4-8-7-9(11(14)18)13(20-8)16-12(19)10-5-6-15-17(10)2/h5-7H,3-4H2,1-2H3,(H2,14,18)(H,16,19). The molecular formula is C13H16N4O2S. The lowest BCUT2D eigenvalue weighted by atomic mass is 10.2. The molecule has 0 aliphatic carbocycles. The topological polar surface area (TPSA) is 90.0 Å². The Labute approximate surface area is 120 Å². The fourth-order valence-electron chi connectivity index (χ4n) is 1.85. The Morgan fingerprint density at radius 3 is 2.80 bits per heavy atom. The fraction of sp³-hybridized carbons (Fsp3) is 0.308. The van der Waals surface area contributed by atoms with Gasteiger partial charge in [0.2, 0.25) is 0 Å². The zero-order valence-electron chi connectivity index (χ0n) is 11.3. The van der Waals surface area contributed by atoms with Crippen molar-refractivity contribution in [1.82, 2.24) is 9.78 Å². The summed E-state index contributed by atoms with van der Waals surface area (Å²) >= 11 is 1.38. The summed E-state index contributed by atoms with van der Waals surface area (Å²) in [5, 5.41) is 7.16. The van der Waals surface area contributed by atoms with Crippen molar-refractivity contribution in [2.45, 2.75) is 19.8 Å². The Hall–Kier alpha value is -2.15. The molecule has 0 aliphatic rings. The molecule has 0 bridgehead atoms. The van der Waals surface area contributed by atoms with Gasteiger partial charge in [0.15, 0.2) is 0 Å². The number of nitrogens with two attached hydrogens (primary N) is 1. The number of aryl methyl sites for hydroxylation is 2. The van der Waals surface area contributed by atoms with Crippen molar-refractivity contribution in [3.63, 3.8) is 0 Å². The number of thiophene rings is 1. The normalized spacial score (nSPS) is 10.5. The molecule has 106 valence electrons. The number of aromatic nitrogens is 2. The van der Waals surface area contributed by atoms with Gasteiger partial charge in [-0.1, -0.05) is 13.3 Å². The summed E-state index contributed by atoms with van der Waals surface area (Å²) in [6.07, 6.45) is 3.36. The third kappa shape index (κ3) is 2.88. The lowest BCUT2D eigenvalue weighted by molar-refractivity contribution is 0.100. The van der Waals surface area contributed by atoms with Gasteiger partial charge >= 0.3 is 0 Å². The van der Waals surface area contributed by atoms with Gasteiger partial charge in [-0.25, -0.2) is 0 Å². The van der Waals surface area contributed by atoms with Crippen LogP contribution < -0.4 is 11.1 Å². The second-order valence-electron chi connectivity index (χ2n) is 4.36. The van der Waals surface area contributed by atoms with Gasteiger partial charge in [-0.15, -0.1) is 11.3 Å². The van der Waals surface area contributed by atoms with Crippen LogP contribution in [0.5, 0.6) is 0 Å². The molecule has 2 aromatic rings. The molecule has 0 saturated carbocycles. The van der Waals surface area contributed by atoms with E-state index < -0.39 is 5.91 Å². The van der Waals surface area contributed by atoms with E-state index in [-0.39, 0.29) is 5.91 Å². The van der Waals surface area contributed by atoms with Crippen LogP contribution in [-0.2, 0) is 13.5 Å². The smallest absolute Gasteiger partial charge is 0.274 e. The minimum Gasteiger partial charge on any atom is -0.366 e. The number of nitrogens with one attached hydrogen (secondary N) is 1. The summed E-state index contributed by atoms with van der Waals surface area (Å²) in [5.41, 5.74) is 6.12. The minimum atomic E-state index is -0.538. The van der Waals surface area contributed by atoms with Crippen molar-refractivity contribution in [3.8, 4) is 0 Å². The van der Waals surface area contributed by atoms with Crippen LogP contribution in [0.1, 0.15) is 39.1 Å². The molecule has 2 heterocycles. The van der Waals surface area contributed by atoms with E-state index in [9.17, 15) is 9.59 Å². The summed E-state index contributed by atoms with van der Waals surface area (Å²) in [6.45, 7) is 2.05. The van der Waals surface area contributed by atoms with Crippen molar-refractivity contribution in [2.75, 3.05) is 5.32 Å². The van der Waals surface area contributed by atoms with Gasteiger partial charge in [0.1, 0.15) is 10.7 Å². The maximum absolute atomic E-state index is 12.1. The van der Waals surface area contributed by atoms with Gasteiger partial charge in [0, 0.05) is 18.1 Å². The minimum absolute atomic E-state index is 0.308. The Morgan fingerprint density at radius 2 is 2.25 bits per heavy atom. The van der Waals surface area contributed by atoms with Crippen LogP contribution in [0.25, 0.3) is 0 Å². The predicted molar refractivity (Wildman–Crippen MR) is 78.0 cm³/mol. The van der Waals surface area contributed by atoms with E-state index >= 15 is 0 Å². The number of primary amides is 1. The summed E-state index contributed by atoms with van der Waals surface area (Å²) in [4.78, 5) is 24.6. The molecule has 2 rings (SSSR count). The van der Waals surface area contributed by atoms with Crippen LogP contribution in [0.3, 0.4) is 0 Å². The van der Waals surface area contributed by atoms with E-state index in [1.165, 1.54) is 16.0 Å². The Bertz CT molecular complexity index is 645. The molecule has 0 saturated heterocycles. The van der Waals surface area contributed by atoms with Crippen molar-refractivity contribution >= 4 is 28.2 Å². The maximum Gasteiger partial charge on any atom is 0.274 e. The second kappa shape index (κ2) is 5.87. The van der Waals surface area contributed by atoms with E-state index in [0.717, 1.165) is 17.7 Å². The first-order valence-corrected chi connectivity index (χ1v) is 7.06. The molecule has 0 radical (unpaired) electrons. The predicted octanol–water partition coefficient (Wildman–Crippen LogP) is 1.79. The first-order valence-electron chi connectivity index (χ1n) is 6.24. The van der Waals surface area contributed by atoms with E-state index in [2.05, 4.69) is 17.3 Å². The average Bonchev–Trinajstić information content (AvgIpc) is 2.96. The number of carbonyl (C=O) groups is 2. The third-order valence-electron chi connectivity index (χ3n) is 2.83. The molecule has 0 spiro atoms. The largest absolute Gasteiger partial charge is 0.366 e. The molecule has 7 heteroatoms. The van der Waals surface area contributed by atoms with Crippen LogP contribution in [0.4, 0.5) is 5.00 Å². The van der Waals surface area contributed by atoms with Crippen LogP contribution >= 0.6 is 11.3 Å². The summed E-state index contributed by atoms with van der Waals surface area (Å²) in [5.74, 6) is -0.846. The first-order chi connectivity index (χ1) is 9.52. The highest BCUT2D eigenvalue weighted by Crippen LogP contribution is 2.29. The first kappa shape index (κ1) is 14.3. The molecule has 0 aliphatic heterocycles. The van der Waals surface area contributed by atoms with Gasteiger partial charge < -0.3 is 11.1 Å². The second-order valence-corrected chi connectivity index (χ2v) is 5.50. The number of amides is 2. The molecule has 0 unspecified atom stereocenters. The molecule has 6 nitrogen and oxygen atoms in total. The fourth-order valence-corrected chi connectivity index (χ4v) is 3.01. The van der Waals surface area contributed by atoms with Crippen LogP contribution in [0.2, 0.25) is 0 Å². The lowest BCUT2D eigenvalue weighted by Crippen LogP contribution is -2.18. The molecule has 0 atom stereocenters. The summed E-state index contributed by atoms with van der Waals surface area (Å²) in [7, 11) is 1.68. The highest BCUT2D eigenvalue weighted by Gasteiger charge is 2.17. The van der Waals surface area contributed by atoms with Gasteiger partial charge in [-0.3, -0.25) is 14.3 Å². The number of nitrogens with zero attached hydrogens (tertiary/aromatic N) is 2. The highest BCUT2D eigenvalue weighted by atomic mass is 32.1. The lowest BCUT2D eigenvalue weighted by Gasteiger charge is -2.04. The van der Waals surface area contributed by atoms with E-state index in [1.54, 1.807) is 25.4 Å². The zero-order valence-corrected chi connectivity index (χ0v) is 12.2. The quantitative estimate of drug-likeness (QED) is 0.880. The Balaban J connectivity index is 2.26. The summed E-state index contributed by atoms with van der Waals surface area (Å²) in [6, 6.07) is 3.36. The van der Waals surface area contributed by atoms with Crippen molar-refractivity contribution in [3.05, 3.63) is 34.5 Å². The van der Waals surface area contributed by atoms with E-state index in [0.29, 0.717) is 16.3 Å². The number of hydrogen-bond donors (Lipinski definition) is 2. The highest BCUT2D eigenvalue weighted by molar-refractivity contribution is 7.16. The molecule has 0 aromatic carbocycles. The van der Waals surface area contributed by atoms with Gasteiger partial charge in [0.25, 0.3) is 11.8 Å². The monoisotopic (exact) mass is 292 g/mol. The molecule has 2 amide bonds. The Morgan fingerprint density at radius 1 is 1.50 bits per heavy atom.